The zero-order valence-electron chi connectivity index (χ0n) is 22.0. The molecular formula is C31H38N4O. The number of rotatable bonds is 4. The SMILES string of the molecule is C=C(C)N.CCC(C)/C(=C1/C=CC=CC1)N1CCOc2ccc(-c3ccc4nc(C)[nH]c4c3)cc2C1. The number of nitrogens with zero attached hydrogens (tertiary/aromatic N) is 2. The second-order valence-electron chi connectivity index (χ2n) is 9.70. The molecule has 0 bridgehead atoms. The number of ether oxygens (including phenoxy) is 1. The summed E-state index contributed by atoms with van der Waals surface area (Å²) in [5, 5.41) is 0. The van der Waals surface area contributed by atoms with Gasteiger partial charge in [-0.2, -0.15) is 0 Å². The first-order valence-electron chi connectivity index (χ1n) is 12.8. The maximum Gasteiger partial charge on any atom is 0.124 e. The highest BCUT2D eigenvalue weighted by atomic mass is 16.5. The van der Waals surface area contributed by atoms with Crippen LogP contribution in [0.1, 0.15) is 45.0 Å². The first-order chi connectivity index (χ1) is 17.4. The highest BCUT2D eigenvalue weighted by molar-refractivity contribution is 5.82. The molecule has 2 heterocycles. The van der Waals surface area contributed by atoms with E-state index in [1.165, 1.54) is 28.0 Å². The fraction of sp³-hybridized carbons (Fsp3) is 0.323. The van der Waals surface area contributed by atoms with Crippen LogP contribution < -0.4 is 10.5 Å². The summed E-state index contributed by atoms with van der Waals surface area (Å²) in [5.41, 5.74) is 14.2. The van der Waals surface area contributed by atoms with Crippen molar-refractivity contribution in [2.45, 2.75) is 47.1 Å². The molecule has 3 N–H and O–H groups in total. The van der Waals surface area contributed by atoms with Crippen molar-refractivity contribution in [3.8, 4) is 16.9 Å². The molecule has 1 aliphatic carbocycles. The molecule has 5 heteroatoms. The molecule has 5 nitrogen and oxygen atoms in total. The summed E-state index contributed by atoms with van der Waals surface area (Å²) in [5.74, 6) is 2.46. The number of nitrogens with one attached hydrogen (secondary N) is 1. The molecule has 5 rings (SSSR count). The van der Waals surface area contributed by atoms with Crippen molar-refractivity contribution < 1.29 is 4.74 Å². The van der Waals surface area contributed by atoms with Gasteiger partial charge in [-0.15, -0.1) is 0 Å². The Labute approximate surface area is 215 Å². The van der Waals surface area contributed by atoms with Crippen LogP contribution in [0.4, 0.5) is 0 Å². The normalized spacial score (nSPS) is 16.9. The lowest BCUT2D eigenvalue weighted by Gasteiger charge is -2.32. The van der Waals surface area contributed by atoms with Crippen LogP contribution in [0.3, 0.4) is 0 Å². The van der Waals surface area contributed by atoms with Gasteiger partial charge in [0, 0.05) is 17.8 Å². The van der Waals surface area contributed by atoms with Crippen LogP contribution in [0.2, 0.25) is 0 Å². The van der Waals surface area contributed by atoms with Crippen molar-refractivity contribution in [2.24, 2.45) is 11.7 Å². The lowest BCUT2D eigenvalue weighted by atomic mass is 9.94. The fourth-order valence-corrected chi connectivity index (χ4v) is 4.82. The number of benzene rings is 2. The molecule has 0 radical (unpaired) electrons. The average Bonchev–Trinajstić information content (AvgIpc) is 3.11. The molecule has 0 fully saturated rings. The molecule has 0 saturated carbocycles. The maximum atomic E-state index is 6.18. The number of hydrogen-bond donors (Lipinski definition) is 2. The molecule has 1 atom stereocenters. The van der Waals surface area contributed by atoms with E-state index >= 15 is 0 Å². The zero-order valence-corrected chi connectivity index (χ0v) is 22.0. The number of allylic oxidation sites excluding steroid dienone is 7. The van der Waals surface area contributed by atoms with Gasteiger partial charge in [-0.05, 0) is 79.3 Å². The summed E-state index contributed by atoms with van der Waals surface area (Å²) in [4.78, 5) is 10.4. The fourth-order valence-electron chi connectivity index (χ4n) is 4.82. The third-order valence-corrected chi connectivity index (χ3v) is 6.61. The molecule has 2 aliphatic rings. The molecule has 1 unspecified atom stereocenters. The minimum absolute atomic E-state index is 0.511. The monoisotopic (exact) mass is 482 g/mol. The van der Waals surface area contributed by atoms with Crippen LogP contribution in [0.5, 0.6) is 5.75 Å². The van der Waals surface area contributed by atoms with E-state index in [9.17, 15) is 0 Å². The second kappa shape index (κ2) is 11.3. The van der Waals surface area contributed by atoms with Crippen molar-refractivity contribution in [1.82, 2.24) is 14.9 Å². The van der Waals surface area contributed by atoms with Gasteiger partial charge in [-0.25, -0.2) is 4.98 Å². The maximum absolute atomic E-state index is 6.18. The number of aromatic amines is 1. The number of H-pyrrole nitrogens is 1. The highest BCUT2D eigenvalue weighted by Gasteiger charge is 2.23. The third kappa shape index (κ3) is 5.91. The molecule has 0 saturated heterocycles. The standard InChI is InChI=1S/C28H31N3O.C3H7N/c1-4-19(2)28(21-8-6-5-7-9-21)31-14-15-32-27-13-11-22(16-24(27)18-31)23-10-12-25-26(17-23)30-20(3)29-25;1-3(2)4/h5-8,10-13,16-17,19H,4,9,14-15,18H2,1-3H3,(H,29,30);1,4H2,2H3/b28-21+;. The van der Waals surface area contributed by atoms with E-state index in [1.807, 2.05) is 6.92 Å². The molecule has 1 aliphatic heterocycles. The van der Waals surface area contributed by atoms with E-state index < -0.39 is 0 Å². The van der Waals surface area contributed by atoms with Gasteiger partial charge in [0.05, 0.1) is 17.6 Å². The minimum Gasteiger partial charge on any atom is -0.491 e. The summed E-state index contributed by atoms with van der Waals surface area (Å²) >= 11 is 0. The lowest BCUT2D eigenvalue weighted by molar-refractivity contribution is 0.245. The topological polar surface area (TPSA) is 67.2 Å². The third-order valence-electron chi connectivity index (χ3n) is 6.61. The van der Waals surface area contributed by atoms with Gasteiger partial charge in [0.25, 0.3) is 0 Å². The van der Waals surface area contributed by atoms with E-state index in [4.69, 9.17) is 10.5 Å². The molecule has 3 aromatic rings. The van der Waals surface area contributed by atoms with Gasteiger partial charge < -0.3 is 20.4 Å². The highest BCUT2D eigenvalue weighted by Crippen LogP contribution is 2.34. The van der Waals surface area contributed by atoms with Crippen molar-refractivity contribution in [1.29, 1.82) is 0 Å². The summed E-state index contributed by atoms with van der Waals surface area (Å²) in [6.45, 7) is 14.2. The van der Waals surface area contributed by atoms with Crippen LogP contribution in [0, 0.1) is 12.8 Å². The average molecular weight is 483 g/mol. The van der Waals surface area contributed by atoms with Crippen molar-refractivity contribution >= 4 is 11.0 Å². The summed E-state index contributed by atoms with van der Waals surface area (Å²) in [6.07, 6.45) is 11.0. The van der Waals surface area contributed by atoms with Gasteiger partial charge in [-0.3, -0.25) is 0 Å². The minimum atomic E-state index is 0.511. The zero-order chi connectivity index (χ0) is 25.7. The van der Waals surface area contributed by atoms with Crippen molar-refractivity contribution in [3.63, 3.8) is 0 Å². The van der Waals surface area contributed by atoms with Crippen LogP contribution in [0.15, 0.2) is 84.2 Å². The van der Waals surface area contributed by atoms with E-state index in [1.54, 1.807) is 6.92 Å². The van der Waals surface area contributed by atoms with E-state index in [2.05, 4.69) is 96.0 Å². The van der Waals surface area contributed by atoms with Gasteiger partial charge >= 0.3 is 0 Å². The largest absolute Gasteiger partial charge is 0.491 e. The quantitative estimate of drug-likeness (QED) is 0.419. The molecule has 2 aromatic carbocycles. The molecule has 188 valence electrons. The Morgan fingerprint density at radius 1 is 1.19 bits per heavy atom. The summed E-state index contributed by atoms with van der Waals surface area (Å²) in [7, 11) is 0. The number of hydrogen-bond acceptors (Lipinski definition) is 4. The van der Waals surface area contributed by atoms with E-state index in [-0.39, 0.29) is 0 Å². The number of fused-ring (bicyclic) bond motifs is 2. The summed E-state index contributed by atoms with van der Waals surface area (Å²) < 4.78 is 6.18. The van der Waals surface area contributed by atoms with Crippen LogP contribution >= 0.6 is 0 Å². The number of imidazole rings is 1. The van der Waals surface area contributed by atoms with E-state index in [0.717, 1.165) is 48.5 Å². The number of aromatic nitrogens is 2. The van der Waals surface area contributed by atoms with Gasteiger partial charge in [-0.1, -0.05) is 56.9 Å². The number of nitrogens with two attached hydrogens (primary N) is 1. The van der Waals surface area contributed by atoms with E-state index in [0.29, 0.717) is 18.2 Å². The molecule has 36 heavy (non-hydrogen) atoms. The Balaban J connectivity index is 0.000000709. The van der Waals surface area contributed by atoms with Crippen LogP contribution in [0.25, 0.3) is 22.2 Å². The Bertz CT molecular complexity index is 1320. The Morgan fingerprint density at radius 2 is 1.94 bits per heavy atom. The molecule has 0 spiro atoms. The predicted octanol–water partition coefficient (Wildman–Crippen LogP) is 7.03. The molecular weight excluding hydrogens is 444 g/mol. The van der Waals surface area contributed by atoms with Gasteiger partial charge in [0.15, 0.2) is 0 Å². The summed E-state index contributed by atoms with van der Waals surface area (Å²) in [6, 6.07) is 13.0. The van der Waals surface area contributed by atoms with Crippen molar-refractivity contribution in [2.75, 3.05) is 13.2 Å². The molecule has 1 aromatic heterocycles. The Kier molecular flexibility index (Phi) is 7.99. The Hall–Kier alpha value is -3.73. The first-order valence-corrected chi connectivity index (χ1v) is 12.8. The van der Waals surface area contributed by atoms with Crippen LogP contribution in [-0.4, -0.2) is 28.0 Å². The first kappa shape index (κ1) is 25.4. The van der Waals surface area contributed by atoms with Crippen molar-refractivity contribution in [3.05, 3.63) is 95.6 Å². The Morgan fingerprint density at radius 3 is 2.67 bits per heavy atom. The smallest absolute Gasteiger partial charge is 0.124 e. The number of aryl methyl sites for hydroxylation is 1. The second-order valence-corrected chi connectivity index (χ2v) is 9.70. The van der Waals surface area contributed by atoms with Gasteiger partial charge in [0.1, 0.15) is 18.2 Å². The predicted molar refractivity (Wildman–Crippen MR) is 151 cm³/mol. The lowest BCUT2D eigenvalue weighted by Crippen LogP contribution is -2.29. The van der Waals surface area contributed by atoms with Crippen LogP contribution in [-0.2, 0) is 6.54 Å². The molecule has 0 amide bonds. The van der Waals surface area contributed by atoms with Gasteiger partial charge in [0.2, 0.25) is 0 Å².